The molecule has 0 aliphatic carbocycles. The normalized spacial score (nSPS) is 15.6. The van der Waals surface area contributed by atoms with Crippen LogP contribution in [0.1, 0.15) is 58.3 Å². The Balaban J connectivity index is 1.76. The van der Waals surface area contributed by atoms with Crippen LogP contribution in [0.4, 0.5) is 0 Å². The van der Waals surface area contributed by atoms with E-state index in [4.69, 9.17) is 0 Å². The maximum Gasteiger partial charge on any atom is 0.0955 e. The van der Waals surface area contributed by atoms with Crippen molar-refractivity contribution in [3.63, 3.8) is 0 Å². The van der Waals surface area contributed by atoms with Crippen molar-refractivity contribution in [2.24, 2.45) is 0 Å². The zero-order valence-electron chi connectivity index (χ0n) is 10.5. The van der Waals surface area contributed by atoms with Gasteiger partial charge in [0, 0.05) is 12.4 Å². The average molecular weight is 222 g/mol. The second-order valence-electron chi connectivity index (χ2n) is 4.44. The fraction of sp³-hybridized carbons (Fsp3) is 0.714. The van der Waals surface area contributed by atoms with E-state index in [-0.39, 0.29) is 0 Å². The largest absolute Gasteiger partial charge is 0.370 e. The molecule has 1 heterocycles. The molecule has 0 aromatic carbocycles. The fourth-order valence-electron chi connectivity index (χ4n) is 1.97. The number of hydrogen-bond donors (Lipinski definition) is 2. The zero-order chi connectivity index (χ0) is 11.5. The van der Waals surface area contributed by atoms with Crippen molar-refractivity contribution in [3.05, 3.63) is 24.6 Å². The third kappa shape index (κ3) is 6.54. The summed E-state index contributed by atoms with van der Waals surface area (Å²) in [5.41, 5.74) is 0. The van der Waals surface area contributed by atoms with E-state index in [9.17, 15) is 0 Å². The second kappa shape index (κ2) is 9.32. The minimum absolute atomic E-state index is 0.493. The SMILES string of the molecule is CC/C=C/CCCCCCCC1NC=CN1. The van der Waals surface area contributed by atoms with Crippen molar-refractivity contribution in [2.75, 3.05) is 0 Å². The predicted octanol–water partition coefficient (Wildman–Crippen LogP) is 3.67. The Morgan fingerprint density at radius 1 is 0.938 bits per heavy atom. The van der Waals surface area contributed by atoms with E-state index < -0.39 is 0 Å². The van der Waals surface area contributed by atoms with Crippen LogP contribution in [0.25, 0.3) is 0 Å². The van der Waals surface area contributed by atoms with Crippen molar-refractivity contribution in [3.8, 4) is 0 Å². The highest BCUT2D eigenvalue weighted by Crippen LogP contribution is 2.09. The first-order chi connectivity index (χ1) is 7.93. The smallest absolute Gasteiger partial charge is 0.0955 e. The molecule has 0 saturated carbocycles. The third-order valence-electron chi connectivity index (χ3n) is 2.94. The quantitative estimate of drug-likeness (QED) is 0.459. The summed E-state index contributed by atoms with van der Waals surface area (Å²) in [5, 5.41) is 6.56. The Kier molecular flexibility index (Phi) is 7.65. The lowest BCUT2D eigenvalue weighted by Crippen LogP contribution is -2.30. The van der Waals surface area contributed by atoms with E-state index in [0.29, 0.717) is 6.17 Å². The van der Waals surface area contributed by atoms with Crippen molar-refractivity contribution in [1.82, 2.24) is 10.6 Å². The Hall–Kier alpha value is -0.920. The molecule has 0 atom stereocenters. The van der Waals surface area contributed by atoms with Gasteiger partial charge in [-0.05, 0) is 32.1 Å². The lowest BCUT2D eigenvalue weighted by molar-refractivity contribution is 0.484. The summed E-state index contributed by atoms with van der Waals surface area (Å²) in [7, 11) is 0. The Morgan fingerprint density at radius 2 is 1.62 bits per heavy atom. The molecule has 2 nitrogen and oxygen atoms in total. The lowest BCUT2D eigenvalue weighted by Gasteiger charge is -2.11. The standard InChI is InChI=1S/C14H26N2/c1-2-3-4-5-6-7-8-9-10-11-14-15-12-13-16-14/h3-4,12-16H,2,5-11H2,1H3/b4-3+. The molecule has 0 fully saturated rings. The monoisotopic (exact) mass is 222 g/mol. The summed E-state index contributed by atoms with van der Waals surface area (Å²) >= 11 is 0. The summed E-state index contributed by atoms with van der Waals surface area (Å²) in [6.45, 7) is 2.19. The molecule has 1 aliphatic rings. The summed E-state index contributed by atoms with van der Waals surface area (Å²) in [4.78, 5) is 0. The highest BCUT2D eigenvalue weighted by atomic mass is 15.1. The summed E-state index contributed by atoms with van der Waals surface area (Å²) in [5.74, 6) is 0. The molecule has 92 valence electrons. The number of nitrogens with one attached hydrogen (secondary N) is 2. The molecule has 0 unspecified atom stereocenters. The minimum atomic E-state index is 0.493. The zero-order valence-corrected chi connectivity index (χ0v) is 10.5. The average Bonchev–Trinajstić information content (AvgIpc) is 2.80. The van der Waals surface area contributed by atoms with Crippen LogP contribution in [-0.2, 0) is 0 Å². The van der Waals surface area contributed by atoms with Crippen LogP contribution in [0.3, 0.4) is 0 Å². The van der Waals surface area contributed by atoms with Gasteiger partial charge in [0.05, 0.1) is 6.17 Å². The van der Waals surface area contributed by atoms with Gasteiger partial charge in [-0.15, -0.1) is 0 Å². The minimum Gasteiger partial charge on any atom is -0.370 e. The molecule has 2 N–H and O–H groups in total. The molecular formula is C14H26N2. The molecule has 16 heavy (non-hydrogen) atoms. The van der Waals surface area contributed by atoms with Gasteiger partial charge in [-0.1, -0.05) is 38.3 Å². The van der Waals surface area contributed by atoms with Crippen LogP contribution in [0.15, 0.2) is 24.6 Å². The topological polar surface area (TPSA) is 24.1 Å². The number of hydrogen-bond acceptors (Lipinski definition) is 2. The van der Waals surface area contributed by atoms with Gasteiger partial charge in [-0.3, -0.25) is 0 Å². The molecule has 2 heteroatoms. The van der Waals surface area contributed by atoms with Gasteiger partial charge in [0.1, 0.15) is 0 Å². The van der Waals surface area contributed by atoms with Crippen LogP contribution >= 0.6 is 0 Å². The van der Waals surface area contributed by atoms with Crippen molar-refractivity contribution < 1.29 is 0 Å². The maximum absolute atomic E-state index is 3.28. The fourth-order valence-corrected chi connectivity index (χ4v) is 1.97. The lowest BCUT2D eigenvalue weighted by atomic mass is 10.1. The van der Waals surface area contributed by atoms with Crippen LogP contribution in [0.2, 0.25) is 0 Å². The third-order valence-corrected chi connectivity index (χ3v) is 2.94. The van der Waals surface area contributed by atoms with Gasteiger partial charge in [0.2, 0.25) is 0 Å². The number of allylic oxidation sites excluding steroid dienone is 2. The van der Waals surface area contributed by atoms with Gasteiger partial charge >= 0.3 is 0 Å². The molecule has 1 rings (SSSR count). The molecule has 0 saturated heterocycles. The first-order valence-electron chi connectivity index (χ1n) is 6.75. The summed E-state index contributed by atoms with van der Waals surface area (Å²) in [6.07, 6.45) is 19.6. The highest BCUT2D eigenvalue weighted by Gasteiger charge is 2.05. The predicted molar refractivity (Wildman–Crippen MR) is 70.9 cm³/mol. The number of rotatable bonds is 9. The van der Waals surface area contributed by atoms with E-state index >= 15 is 0 Å². The molecule has 0 amide bonds. The van der Waals surface area contributed by atoms with Crippen LogP contribution in [-0.4, -0.2) is 6.17 Å². The molecule has 1 aliphatic heterocycles. The van der Waals surface area contributed by atoms with Gasteiger partial charge in [0.25, 0.3) is 0 Å². The number of unbranched alkanes of at least 4 members (excludes halogenated alkanes) is 5. The van der Waals surface area contributed by atoms with Crippen LogP contribution < -0.4 is 10.6 Å². The van der Waals surface area contributed by atoms with Gasteiger partial charge in [0.15, 0.2) is 0 Å². The highest BCUT2D eigenvalue weighted by molar-refractivity contribution is 4.90. The van der Waals surface area contributed by atoms with Crippen LogP contribution in [0, 0.1) is 0 Å². The van der Waals surface area contributed by atoms with Crippen molar-refractivity contribution in [1.29, 1.82) is 0 Å². The molecule has 0 bridgehead atoms. The summed E-state index contributed by atoms with van der Waals surface area (Å²) < 4.78 is 0. The molecule has 0 aromatic rings. The van der Waals surface area contributed by atoms with Gasteiger partial charge in [-0.25, -0.2) is 0 Å². The Bertz CT molecular complexity index is 201. The summed E-state index contributed by atoms with van der Waals surface area (Å²) in [6, 6.07) is 0. The van der Waals surface area contributed by atoms with E-state index in [1.54, 1.807) is 0 Å². The molecule has 0 radical (unpaired) electrons. The molecule has 0 aromatic heterocycles. The Morgan fingerprint density at radius 3 is 2.38 bits per heavy atom. The van der Waals surface area contributed by atoms with Gasteiger partial charge < -0.3 is 10.6 Å². The molecular weight excluding hydrogens is 196 g/mol. The van der Waals surface area contributed by atoms with Crippen LogP contribution in [0.5, 0.6) is 0 Å². The van der Waals surface area contributed by atoms with E-state index in [1.807, 2.05) is 12.4 Å². The van der Waals surface area contributed by atoms with Crippen molar-refractivity contribution >= 4 is 0 Å². The first kappa shape index (κ1) is 13.1. The second-order valence-corrected chi connectivity index (χ2v) is 4.44. The maximum atomic E-state index is 3.28. The van der Waals surface area contributed by atoms with Crippen molar-refractivity contribution in [2.45, 2.75) is 64.5 Å². The Labute approximate surface area is 100 Å². The first-order valence-corrected chi connectivity index (χ1v) is 6.75. The van der Waals surface area contributed by atoms with E-state index in [0.717, 1.165) is 0 Å². The van der Waals surface area contributed by atoms with Gasteiger partial charge in [-0.2, -0.15) is 0 Å². The van der Waals surface area contributed by atoms with E-state index in [1.165, 1.54) is 51.4 Å². The molecule has 0 spiro atoms. The van der Waals surface area contributed by atoms with E-state index in [2.05, 4.69) is 29.7 Å².